The van der Waals surface area contributed by atoms with E-state index in [0.717, 1.165) is 42.7 Å². The average molecular weight is 729 g/mol. The van der Waals surface area contributed by atoms with Crippen molar-refractivity contribution in [3.05, 3.63) is 89.0 Å². The molecule has 3 aromatic rings. The Labute approximate surface area is 301 Å². The number of carbonyl (C=O) groups excluding carboxylic acids is 2. The first-order chi connectivity index (χ1) is 24.6. The largest absolute Gasteiger partial charge is 0.490 e. The third kappa shape index (κ3) is 11.4. The zero-order valence-electron chi connectivity index (χ0n) is 29.8. The molecule has 0 radical (unpaired) electrons. The first-order valence-corrected chi connectivity index (χ1v) is 17.2. The number of hydrogen-bond acceptors (Lipinski definition) is 7. The van der Waals surface area contributed by atoms with Gasteiger partial charge in [-0.15, -0.1) is 0 Å². The van der Waals surface area contributed by atoms with E-state index in [-0.39, 0.29) is 53.8 Å². The maximum atomic E-state index is 14.4. The summed E-state index contributed by atoms with van der Waals surface area (Å²) in [5.74, 6) is -1.29. The number of carboxylic acid groups (broad SMARTS) is 1. The van der Waals surface area contributed by atoms with Gasteiger partial charge in [0, 0.05) is 43.5 Å². The lowest BCUT2D eigenvalue weighted by Gasteiger charge is -2.36. The van der Waals surface area contributed by atoms with E-state index in [1.807, 2.05) is 20.9 Å². The predicted molar refractivity (Wildman–Crippen MR) is 191 cm³/mol. The van der Waals surface area contributed by atoms with E-state index in [4.69, 9.17) is 9.47 Å². The molecule has 0 saturated heterocycles. The quantitative estimate of drug-likeness (QED) is 0.185. The monoisotopic (exact) mass is 728 g/mol. The molecule has 52 heavy (non-hydrogen) atoms. The van der Waals surface area contributed by atoms with Crippen LogP contribution in [0.5, 0.6) is 5.75 Å². The number of aliphatic hydroxyl groups excluding tert-OH is 1. The van der Waals surface area contributed by atoms with Gasteiger partial charge in [-0.05, 0) is 100 Å². The second-order valence-electron chi connectivity index (χ2n) is 13.4. The molecule has 0 aliphatic carbocycles. The van der Waals surface area contributed by atoms with Crippen molar-refractivity contribution in [2.45, 2.75) is 71.0 Å². The second-order valence-corrected chi connectivity index (χ2v) is 13.4. The first-order valence-electron chi connectivity index (χ1n) is 17.2. The smallest absolute Gasteiger partial charge is 0.416 e. The summed E-state index contributed by atoms with van der Waals surface area (Å²) in [6.45, 7) is 7.12. The minimum Gasteiger partial charge on any atom is -0.490 e. The van der Waals surface area contributed by atoms with E-state index >= 15 is 0 Å². The Morgan fingerprint density at radius 1 is 1.00 bits per heavy atom. The van der Waals surface area contributed by atoms with Crippen molar-refractivity contribution in [2.75, 3.05) is 44.0 Å². The molecule has 4 atom stereocenters. The van der Waals surface area contributed by atoms with Crippen LogP contribution in [0.3, 0.4) is 0 Å². The van der Waals surface area contributed by atoms with E-state index in [1.54, 1.807) is 48.2 Å². The van der Waals surface area contributed by atoms with Crippen molar-refractivity contribution in [2.24, 2.45) is 5.92 Å². The van der Waals surface area contributed by atoms with Crippen molar-refractivity contribution >= 4 is 29.3 Å². The molecule has 0 unspecified atom stereocenters. The lowest BCUT2D eigenvalue weighted by Crippen LogP contribution is -2.47. The number of nitrogens with zero attached hydrogens (tertiary/aromatic N) is 2. The first kappa shape index (κ1) is 40.1. The second kappa shape index (κ2) is 18.2. The van der Waals surface area contributed by atoms with Crippen LogP contribution in [0.1, 0.15) is 71.9 Å². The number of aliphatic hydroxyl groups is 1. The fraction of sp³-hybridized carbons (Fsp3) is 0.447. The van der Waals surface area contributed by atoms with E-state index in [9.17, 15) is 37.8 Å². The van der Waals surface area contributed by atoms with Gasteiger partial charge in [0.15, 0.2) is 0 Å². The molecule has 0 fully saturated rings. The number of carbonyl (C=O) groups is 3. The molecule has 0 saturated carbocycles. The number of rotatable bonds is 9. The Balaban J connectivity index is 1.55. The Kier molecular flexibility index (Phi) is 14.0. The molecule has 1 heterocycles. The molecule has 1 aliphatic rings. The molecule has 11 nitrogen and oxygen atoms in total. The number of benzene rings is 3. The minimum absolute atomic E-state index is 0.146. The summed E-state index contributed by atoms with van der Waals surface area (Å²) in [4.78, 5) is 42.1. The van der Waals surface area contributed by atoms with Crippen LogP contribution in [-0.4, -0.2) is 89.5 Å². The number of halogens is 3. The van der Waals surface area contributed by atoms with Gasteiger partial charge in [-0.25, -0.2) is 9.59 Å². The summed E-state index contributed by atoms with van der Waals surface area (Å²) in [5, 5.41) is 24.6. The highest BCUT2D eigenvalue weighted by atomic mass is 19.4. The van der Waals surface area contributed by atoms with Crippen LogP contribution in [0.25, 0.3) is 0 Å². The number of hydrogen-bond donors (Lipinski definition) is 4. The van der Waals surface area contributed by atoms with Crippen LogP contribution in [0.4, 0.5) is 29.3 Å². The number of fused-ring (bicyclic) bond motifs is 1. The van der Waals surface area contributed by atoms with Gasteiger partial charge in [0.2, 0.25) is 0 Å². The number of amides is 3. The summed E-state index contributed by atoms with van der Waals surface area (Å²) in [5.41, 5.74) is 0.869. The van der Waals surface area contributed by atoms with Crippen LogP contribution < -0.4 is 15.4 Å². The maximum absolute atomic E-state index is 14.4. The number of aromatic carboxylic acids is 1. The topological polar surface area (TPSA) is 141 Å². The van der Waals surface area contributed by atoms with E-state index in [0.29, 0.717) is 31.9 Å². The molecule has 1 aliphatic heterocycles. The van der Waals surface area contributed by atoms with Gasteiger partial charge >= 0.3 is 18.2 Å². The Bertz CT molecular complexity index is 1650. The Morgan fingerprint density at radius 2 is 1.65 bits per heavy atom. The molecule has 0 spiro atoms. The number of ether oxygens (including phenoxy) is 2. The summed E-state index contributed by atoms with van der Waals surface area (Å²) < 4.78 is 51.5. The number of urea groups is 1. The van der Waals surface area contributed by atoms with Gasteiger partial charge < -0.3 is 35.2 Å². The van der Waals surface area contributed by atoms with E-state index < -0.39 is 35.7 Å². The molecule has 282 valence electrons. The predicted octanol–water partition coefficient (Wildman–Crippen LogP) is 6.98. The van der Waals surface area contributed by atoms with E-state index in [2.05, 4.69) is 15.5 Å². The summed E-state index contributed by atoms with van der Waals surface area (Å²) in [7, 11) is 1.95. The molecular weight excluding hydrogens is 681 g/mol. The molecular formula is C38H47F3N4O7. The van der Waals surface area contributed by atoms with Crippen LogP contribution >= 0.6 is 0 Å². The van der Waals surface area contributed by atoms with Gasteiger partial charge in [0.25, 0.3) is 5.91 Å². The third-order valence-corrected chi connectivity index (χ3v) is 8.92. The molecule has 3 aromatic carbocycles. The Hall–Kier alpha value is -4.66. The molecule has 3 amide bonds. The Morgan fingerprint density at radius 3 is 2.29 bits per heavy atom. The zero-order valence-corrected chi connectivity index (χ0v) is 29.8. The van der Waals surface area contributed by atoms with Crippen LogP contribution in [0, 0.1) is 5.92 Å². The number of likely N-dealkylation sites (N-methyl/N-ethyl adjacent to an activating group) is 1. The highest BCUT2D eigenvalue weighted by Gasteiger charge is 2.31. The average Bonchev–Trinajstić information content (AvgIpc) is 3.09. The zero-order chi connectivity index (χ0) is 38.0. The lowest BCUT2D eigenvalue weighted by molar-refractivity contribution is -0.137. The van der Waals surface area contributed by atoms with Crippen molar-refractivity contribution in [1.82, 2.24) is 9.80 Å². The molecule has 4 rings (SSSR count). The third-order valence-electron chi connectivity index (χ3n) is 8.92. The molecule has 0 aromatic heterocycles. The lowest BCUT2D eigenvalue weighted by atomic mass is 10.0. The van der Waals surface area contributed by atoms with Gasteiger partial charge in [-0.3, -0.25) is 9.69 Å². The standard InChI is InChI=1S/C38H47F3N4O7/c1-24-20-45(25(2)23-46)35(47)32-19-31(43-37(50)42-30-14-12-29(13-15-30)38(39,40)41)16-17-33(32)52-26(3)7-5-6-18-51-34(24)22-44(4)21-27-8-10-28(11-9-27)36(48)49/h8-17,19,24-26,34,46H,5-7,18,20-23H2,1-4H3,(H,48,49)(H2,42,43,50)/t24-,25+,26+,34+/m1/s1. The number of nitrogens with one attached hydrogen (secondary N) is 2. The summed E-state index contributed by atoms with van der Waals surface area (Å²) in [6.07, 6.45) is -2.76. The SMILES string of the molecule is C[C@@H]1CN([C@@H](C)CO)C(=O)c2cc(NC(=O)Nc3ccc(C(F)(F)F)cc3)ccc2O[C@@H](C)CCCCO[C@H]1CN(C)Cc1ccc(C(=O)O)cc1. The van der Waals surface area contributed by atoms with E-state index in [1.165, 1.54) is 6.07 Å². The van der Waals surface area contributed by atoms with Crippen molar-refractivity contribution in [3.8, 4) is 5.75 Å². The fourth-order valence-corrected chi connectivity index (χ4v) is 5.94. The number of carboxylic acids is 1. The van der Waals surface area contributed by atoms with Crippen LogP contribution in [-0.2, 0) is 17.5 Å². The summed E-state index contributed by atoms with van der Waals surface area (Å²) >= 11 is 0. The molecule has 0 bridgehead atoms. The maximum Gasteiger partial charge on any atom is 0.416 e. The van der Waals surface area contributed by atoms with Gasteiger partial charge in [0.05, 0.1) is 41.5 Å². The van der Waals surface area contributed by atoms with Gasteiger partial charge in [-0.2, -0.15) is 13.2 Å². The number of anilines is 2. The van der Waals surface area contributed by atoms with Crippen LogP contribution in [0.15, 0.2) is 66.7 Å². The van der Waals surface area contributed by atoms with Crippen LogP contribution in [0.2, 0.25) is 0 Å². The molecule has 14 heteroatoms. The van der Waals surface area contributed by atoms with Gasteiger partial charge in [-0.1, -0.05) is 19.1 Å². The summed E-state index contributed by atoms with van der Waals surface area (Å²) in [6, 6.07) is 14.1. The molecule has 4 N–H and O–H groups in total. The fourth-order valence-electron chi connectivity index (χ4n) is 5.94. The van der Waals surface area contributed by atoms with Crippen molar-refractivity contribution in [1.29, 1.82) is 0 Å². The van der Waals surface area contributed by atoms with Crippen molar-refractivity contribution in [3.63, 3.8) is 0 Å². The minimum atomic E-state index is -4.51. The highest BCUT2D eigenvalue weighted by molar-refractivity contribution is 6.02. The van der Waals surface area contributed by atoms with Gasteiger partial charge in [0.1, 0.15) is 5.75 Å². The highest BCUT2D eigenvalue weighted by Crippen LogP contribution is 2.31. The number of alkyl halides is 3. The van der Waals surface area contributed by atoms with Crippen molar-refractivity contribution < 1.29 is 47.2 Å². The normalized spacial score (nSPS) is 19.6.